The fraction of sp³-hybridized carbons (Fsp3) is 0.125. The topological polar surface area (TPSA) is 51.0 Å². The van der Waals surface area contributed by atoms with Gasteiger partial charge in [0.2, 0.25) is 0 Å². The van der Waals surface area contributed by atoms with Gasteiger partial charge in [-0.1, -0.05) is 30.3 Å². The van der Waals surface area contributed by atoms with Crippen molar-refractivity contribution in [1.82, 2.24) is 4.98 Å². The molecule has 20 heavy (non-hydrogen) atoms. The first-order valence-corrected chi connectivity index (χ1v) is 7.49. The molecule has 0 unspecified atom stereocenters. The van der Waals surface area contributed by atoms with Gasteiger partial charge in [-0.25, -0.2) is 0 Å². The Morgan fingerprint density at radius 1 is 1.05 bits per heavy atom. The second-order valence-corrected chi connectivity index (χ2v) is 5.59. The third kappa shape index (κ3) is 2.91. The highest BCUT2D eigenvalue weighted by Gasteiger charge is 2.02. The molecule has 0 saturated heterocycles. The first-order chi connectivity index (χ1) is 9.83. The van der Waals surface area contributed by atoms with Crippen molar-refractivity contribution in [1.29, 1.82) is 0 Å². The number of fused-ring (bicyclic) bond motifs is 1. The number of hydrogen-bond donors (Lipinski definition) is 2. The number of para-hydroxylation sites is 3. The van der Waals surface area contributed by atoms with E-state index in [0.717, 1.165) is 16.5 Å². The van der Waals surface area contributed by atoms with Gasteiger partial charge in [0.15, 0.2) is 0 Å². The summed E-state index contributed by atoms with van der Waals surface area (Å²) in [7, 11) is 0. The second kappa shape index (κ2) is 5.92. The van der Waals surface area contributed by atoms with Crippen molar-refractivity contribution in [2.24, 2.45) is 0 Å². The van der Waals surface area contributed by atoms with Gasteiger partial charge in [0, 0.05) is 16.7 Å². The van der Waals surface area contributed by atoms with Crippen LogP contribution < -0.4 is 10.5 Å². The van der Waals surface area contributed by atoms with Gasteiger partial charge in [0.1, 0.15) is 5.75 Å². The third-order valence-electron chi connectivity index (χ3n) is 3.02. The lowest BCUT2D eigenvalue weighted by Gasteiger charge is -2.07. The van der Waals surface area contributed by atoms with E-state index in [0.29, 0.717) is 12.3 Å². The molecule has 0 radical (unpaired) electrons. The van der Waals surface area contributed by atoms with E-state index < -0.39 is 0 Å². The van der Waals surface area contributed by atoms with Gasteiger partial charge in [0.05, 0.1) is 17.3 Å². The van der Waals surface area contributed by atoms with Crippen molar-refractivity contribution in [2.45, 2.75) is 5.03 Å². The number of aromatic nitrogens is 1. The van der Waals surface area contributed by atoms with E-state index in [9.17, 15) is 0 Å². The molecule has 2 aromatic carbocycles. The number of hydrogen-bond acceptors (Lipinski definition) is 3. The third-order valence-corrected chi connectivity index (χ3v) is 3.92. The van der Waals surface area contributed by atoms with E-state index in [1.807, 2.05) is 36.4 Å². The quantitative estimate of drug-likeness (QED) is 0.424. The molecule has 102 valence electrons. The Morgan fingerprint density at radius 3 is 2.70 bits per heavy atom. The van der Waals surface area contributed by atoms with E-state index in [2.05, 4.69) is 23.2 Å². The number of nitrogens with two attached hydrogens (primary N) is 1. The molecule has 3 aromatic rings. The average molecular weight is 284 g/mol. The fourth-order valence-electron chi connectivity index (χ4n) is 2.04. The predicted octanol–water partition coefficient (Wildman–Crippen LogP) is 3.92. The van der Waals surface area contributed by atoms with Crippen LogP contribution in [0.5, 0.6) is 5.75 Å². The summed E-state index contributed by atoms with van der Waals surface area (Å²) >= 11 is 1.75. The van der Waals surface area contributed by atoms with E-state index in [1.54, 1.807) is 11.8 Å². The van der Waals surface area contributed by atoms with Crippen LogP contribution in [0.4, 0.5) is 5.69 Å². The van der Waals surface area contributed by atoms with Gasteiger partial charge in [-0.3, -0.25) is 0 Å². The number of benzene rings is 2. The van der Waals surface area contributed by atoms with Crippen LogP contribution in [0.25, 0.3) is 10.9 Å². The molecule has 0 aliphatic rings. The minimum absolute atomic E-state index is 0.633. The normalized spacial score (nSPS) is 10.8. The van der Waals surface area contributed by atoms with E-state index in [-0.39, 0.29) is 0 Å². The van der Waals surface area contributed by atoms with Gasteiger partial charge in [-0.05, 0) is 24.3 Å². The smallest absolute Gasteiger partial charge is 0.142 e. The molecule has 0 bridgehead atoms. The number of H-pyrrole nitrogens is 1. The molecule has 0 aliphatic carbocycles. The summed E-state index contributed by atoms with van der Waals surface area (Å²) in [5.74, 6) is 1.63. The molecule has 0 aliphatic heterocycles. The minimum Gasteiger partial charge on any atom is -0.491 e. The first-order valence-electron chi connectivity index (χ1n) is 6.51. The van der Waals surface area contributed by atoms with Crippen LogP contribution >= 0.6 is 11.8 Å². The predicted molar refractivity (Wildman–Crippen MR) is 85.4 cm³/mol. The summed E-state index contributed by atoms with van der Waals surface area (Å²) in [6, 6.07) is 18.0. The van der Waals surface area contributed by atoms with E-state index in [1.165, 1.54) is 10.9 Å². The van der Waals surface area contributed by atoms with Crippen molar-refractivity contribution in [2.75, 3.05) is 18.1 Å². The van der Waals surface area contributed by atoms with Crippen LogP contribution in [0.3, 0.4) is 0 Å². The van der Waals surface area contributed by atoms with Crippen LogP contribution in [-0.4, -0.2) is 17.3 Å². The zero-order chi connectivity index (χ0) is 13.8. The summed E-state index contributed by atoms with van der Waals surface area (Å²) in [6.45, 7) is 0.633. The van der Waals surface area contributed by atoms with Crippen LogP contribution in [0.1, 0.15) is 0 Å². The summed E-state index contributed by atoms with van der Waals surface area (Å²) in [5.41, 5.74) is 7.68. The number of nitrogens with one attached hydrogen (secondary N) is 1. The van der Waals surface area contributed by atoms with Crippen molar-refractivity contribution < 1.29 is 4.74 Å². The van der Waals surface area contributed by atoms with Crippen LogP contribution in [0.2, 0.25) is 0 Å². The van der Waals surface area contributed by atoms with E-state index in [4.69, 9.17) is 10.5 Å². The monoisotopic (exact) mass is 284 g/mol. The summed E-state index contributed by atoms with van der Waals surface area (Å²) in [5, 5.41) is 2.40. The summed E-state index contributed by atoms with van der Waals surface area (Å²) < 4.78 is 5.67. The molecule has 3 rings (SSSR count). The molecule has 4 heteroatoms. The van der Waals surface area contributed by atoms with Gasteiger partial charge >= 0.3 is 0 Å². The maximum atomic E-state index is 5.83. The Morgan fingerprint density at radius 2 is 1.85 bits per heavy atom. The molecule has 0 fully saturated rings. The number of anilines is 1. The van der Waals surface area contributed by atoms with Crippen LogP contribution in [0.15, 0.2) is 59.6 Å². The first kappa shape index (κ1) is 12.9. The Bertz CT molecular complexity index is 675. The molecule has 0 spiro atoms. The van der Waals surface area contributed by atoms with Crippen molar-refractivity contribution >= 4 is 28.4 Å². The van der Waals surface area contributed by atoms with Crippen molar-refractivity contribution in [3.63, 3.8) is 0 Å². The molecule has 0 atom stereocenters. The highest BCUT2D eigenvalue weighted by Crippen LogP contribution is 2.24. The lowest BCUT2D eigenvalue weighted by molar-refractivity contribution is 0.346. The lowest BCUT2D eigenvalue weighted by Crippen LogP contribution is -2.02. The fourth-order valence-corrected chi connectivity index (χ4v) is 2.82. The SMILES string of the molecule is Nc1ccccc1OCCSc1cc2ccccc2[nH]1. The Labute approximate surface area is 122 Å². The molecule has 3 nitrogen and oxygen atoms in total. The van der Waals surface area contributed by atoms with Gasteiger partial charge in [-0.15, -0.1) is 11.8 Å². The zero-order valence-electron chi connectivity index (χ0n) is 11.0. The highest BCUT2D eigenvalue weighted by atomic mass is 32.2. The molecule has 1 aromatic heterocycles. The number of ether oxygens (including phenoxy) is 1. The summed E-state index contributed by atoms with van der Waals surface area (Å²) in [6.07, 6.45) is 0. The molecule has 1 heterocycles. The maximum Gasteiger partial charge on any atom is 0.142 e. The largest absolute Gasteiger partial charge is 0.491 e. The van der Waals surface area contributed by atoms with Crippen LogP contribution in [0, 0.1) is 0 Å². The number of thioether (sulfide) groups is 1. The minimum atomic E-state index is 0.633. The van der Waals surface area contributed by atoms with E-state index >= 15 is 0 Å². The molecule has 0 saturated carbocycles. The zero-order valence-corrected chi connectivity index (χ0v) is 11.8. The maximum absolute atomic E-state index is 5.83. The van der Waals surface area contributed by atoms with Gasteiger partial charge in [-0.2, -0.15) is 0 Å². The average Bonchev–Trinajstić information content (AvgIpc) is 2.88. The Hall–Kier alpha value is -2.07. The Balaban J connectivity index is 1.54. The molecular formula is C16H16N2OS. The van der Waals surface area contributed by atoms with Crippen molar-refractivity contribution in [3.05, 3.63) is 54.6 Å². The second-order valence-electron chi connectivity index (χ2n) is 4.46. The summed E-state index contributed by atoms with van der Waals surface area (Å²) in [4.78, 5) is 3.39. The highest BCUT2D eigenvalue weighted by molar-refractivity contribution is 7.99. The van der Waals surface area contributed by atoms with Crippen LogP contribution in [-0.2, 0) is 0 Å². The Kier molecular flexibility index (Phi) is 3.83. The van der Waals surface area contributed by atoms with Gasteiger partial charge < -0.3 is 15.5 Å². The standard InChI is InChI=1S/C16H16N2OS/c17-13-6-2-4-8-15(13)19-9-10-20-16-11-12-5-1-3-7-14(12)18-16/h1-8,11,18H,9-10,17H2. The molecule has 0 amide bonds. The van der Waals surface area contributed by atoms with Crippen molar-refractivity contribution in [3.8, 4) is 5.75 Å². The number of aromatic amines is 1. The van der Waals surface area contributed by atoms with Gasteiger partial charge in [0.25, 0.3) is 0 Å². The lowest BCUT2D eigenvalue weighted by atomic mass is 10.3. The molecule has 3 N–H and O–H groups in total. The number of nitrogen functional groups attached to an aromatic ring is 1. The number of rotatable bonds is 5. The molecular weight excluding hydrogens is 268 g/mol.